The highest BCUT2D eigenvalue weighted by atomic mass is 16.2. The van der Waals surface area contributed by atoms with E-state index in [0.717, 1.165) is 5.56 Å². The predicted octanol–water partition coefficient (Wildman–Crippen LogP) is 1.77. The van der Waals surface area contributed by atoms with Crippen LogP contribution in [-0.2, 0) is 22.6 Å². The van der Waals surface area contributed by atoms with Crippen LogP contribution in [0.4, 0.5) is 0 Å². The molecule has 0 unspecified atom stereocenters. The van der Waals surface area contributed by atoms with Crippen molar-refractivity contribution in [3.05, 3.63) is 70.3 Å². The minimum Gasteiger partial charge on any atom is -0.368 e. The standard InChI is InChI=1S/C21H25N3O3/c1-14-3-6-17(15(2)11-14)9-10-20(26)23-12-16-4-7-18(8-5-16)21(27)24-13-19(22)25/h3-8,11H,9-10,12-13H2,1-2H3,(H2,22,25)(H,23,26)(H,24,27). The second-order valence-electron chi connectivity index (χ2n) is 6.55. The fourth-order valence-corrected chi connectivity index (χ4v) is 2.71. The van der Waals surface area contributed by atoms with E-state index in [9.17, 15) is 14.4 Å². The van der Waals surface area contributed by atoms with E-state index in [1.54, 1.807) is 24.3 Å². The molecule has 6 heteroatoms. The Kier molecular flexibility index (Phi) is 7.11. The van der Waals surface area contributed by atoms with Gasteiger partial charge >= 0.3 is 0 Å². The zero-order chi connectivity index (χ0) is 19.8. The number of carbonyl (C=O) groups is 3. The lowest BCUT2D eigenvalue weighted by Crippen LogP contribution is -2.33. The van der Waals surface area contributed by atoms with Crippen LogP contribution in [0.15, 0.2) is 42.5 Å². The Morgan fingerprint density at radius 2 is 1.67 bits per heavy atom. The molecule has 2 rings (SSSR count). The van der Waals surface area contributed by atoms with Crippen LogP contribution in [0.2, 0.25) is 0 Å². The molecule has 0 saturated heterocycles. The largest absolute Gasteiger partial charge is 0.368 e. The Hall–Kier alpha value is -3.15. The smallest absolute Gasteiger partial charge is 0.251 e. The highest BCUT2D eigenvalue weighted by molar-refractivity contribution is 5.96. The summed E-state index contributed by atoms with van der Waals surface area (Å²) in [4.78, 5) is 34.6. The number of amides is 3. The summed E-state index contributed by atoms with van der Waals surface area (Å²) in [6.07, 6.45) is 1.13. The first-order chi connectivity index (χ1) is 12.8. The minimum absolute atomic E-state index is 0.0155. The second kappa shape index (κ2) is 9.52. The lowest BCUT2D eigenvalue weighted by atomic mass is 10.0. The number of nitrogens with one attached hydrogen (secondary N) is 2. The van der Waals surface area contributed by atoms with E-state index < -0.39 is 5.91 Å². The Morgan fingerprint density at radius 3 is 2.30 bits per heavy atom. The van der Waals surface area contributed by atoms with Crippen molar-refractivity contribution in [2.24, 2.45) is 5.73 Å². The average Bonchev–Trinajstić information content (AvgIpc) is 2.64. The number of nitrogens with two attached hydrogens (primary N) is 1. The summed E-state index contributed by atoms with van der Waals surface area (Å²) in [6.45, 7) is 4.31. The maximum Gasteiger partial charge on any atom is 0.251 e. The van der Waals surface area contributed by atoms with E-state index >= 15 is 0 Å². The van der Waals surface area contributed by atoms with Gasteiger partial charge in [0.05, 0.1) is 6.54 Å². The molecular formula is C21H25N3O3. The highest BCUT2D eigenvalue weighted by Crippen LogP contribution is 2.12. The molecule has 0 aliphatic heterocycles. The van der Waals surface area contributed by atoms with Gasteiger partial charge in [-0.25, -0.2) is 0 Å². The van der Waals surface area contributed by atoms with Crippen LogP contribution in [-0.4, -0.2) is 24.3 Å². The first-order valence-electron chi connectivity index (χ1n) is 8.83. The molecule has 0 atom stereocenters. The topological polar surface area (TPSA) is 101 Å². The molecule has 0 saturated carbocycles. The molecule has 0 bridgehead atoms. The first kappa shape index (κ1) is 20.2. The van der Waals surface area contributed by atoms with Gasteiger partial charge in [0.2, 0.25) is 11.8 Å². The molecule has 2 aromatic rings. The Labute approximate surface area is 159 Å². The number of benzene rings is 2. The van der Waals surface area contributed by atoms with Crippen molar-refractivity contribution in [3.63, 3.8) is 0 Å². The molecule has 0 aliphatic carbocycles. The molecule has 142 valence electrons. The maximum absolute atomic E-state index is 12.1. The maximum atomic E-state index is 12.1. The zero-order valence-corrected chi connectivity index (χ0v) is 15.7. The van der Waals surface area contributed by atoms with Gasteiger partial charge in [0, 0.05) is 18.5 Å². The van der Waals surface area contributed by atoms with E-state index in [2.05, 4.69) is 42.7 Å². The monoisotopic (exact) mass is 367 g/mol. The van der Waals surface area contributed by atoms with Gasteiger partial charge < -0.3 is 16.4 Å². The van der Waals surface area contributed by atoms with E-state index in [4.69, 9.17) is 5.73 Å². The number of hydrogen-bond acceptors (Lipinski definition) is 3. The van der Waals surface area contributed by atoms with Crippen LogP contribution in [0, 0.1) is 13.8 Å². The van der Waals surface area contributed by atoms with Crippen molar-refractivity contribution < 1.29 is 14.4 Å². The fraction of sp³-hybridized carbons (Fsp3) is 0.286. The summed E-state index contributed by atoms with van der Waals surface area (Å²) in [7, 11) is 0. The molecule has 0 aromatic heterocycles. The molecule has 2 aromatic carbocycles. The number of hydrogen-bond donors (Lipinski definition) is 3. The third-order valence-electron chi connectivity index (χ3n) is 4.25. The summed E-state index contributed by atoms with van der Waals surface area (Å²) in [5.41, 5.74) is 9.91. The molecule has 0 aliphatic rings. The molecule has 0 radical (unpaired) electrons. The lowest BCUT2D eigenvalue weighted by Gasteiger charge is -2.09. The number of carbonyl (C=O) groups excluding carboxylic acids is 3. The van der Waals surface area contributed by atoms with Crippen molar-refractivity contribution in [1.29, 1.82) is 0 Å². The molecule has 4 N–H and O–H groups in total. The van der Waals surface area contributed by atoms with Gasteiger partial charge in [-0.3, -0.25) is 14.4 Å². The number of aryl methyl sites for hydroxylation is 3. The van der Waals surface area contributed by atoms with Gasteiger partial charge in [0.1, 0.15) is 0 Å². The van der Waals surface area contributed by atoms with E-state index in [0.29, 0.717) is 24.9 Å². The molecule has 6 nitrogen and oxygen atoms in total. The SMILES string of the molecule is Cc1ccc(CCC(=O)NCc2ccc(C(=O)NCC(N)=O)cc2)c(C)c1. The molecule has 0 fully saturated rings. The van der Waals surface area contributed by atoms with Crippen molar-refractivity contribution in [1.82, 2.24) is 10.6 Å². The lowest BCUT2D eigenvalue weighted by molar-refractivity contribution is -0.121. The molecular weight excluding hydrogens is 342 g/mol. The van der Waals surface area contributed by atoms with Crippen molar-refractivity contribution in [3.8, 4) is 0 Å². The van der Waals surface area contributed by atoms with Crippen LogP contribution >= 0.6 is 0 Å². The fourth-order valence-electron chi connectivity index (χ4n) is 2.71. The quantitative estimate of drug-likeness (QED) is 0.663. The summed E-state index contributed by atoms with van der Waals surface area (Å²) in [5.74, 6) is -0.973. The average molecular weight is 367 g/mol. The third-order valence-corrected chi connectivity index (χ3v) is 4.25. The normalized spacial score (nSPS) is 10.3. The van der Waals surface area contributed by atoms with Crippen LogP contribution in [0.5, 0.6) is 0 Å². The van der Waals surface area contributed by atoms with Crippen molar-refractivity contribution >= 4 is 17.7 Å². The zero-order valence-electron chi connectivity index (χ0n) is 15.7. The van der Waals surface area contributed by atoms with Crippen LogP contribution < -0.4 is 16.4 Å². The van der Waals surface area contributed by atoms with Gasteiger partial charge in [-0.05, 0) is 49.1 Å². The number of primary amides is 1. The third kappa shape index (κ3) is 6.58. The van der Waals surface area contributed by atoms with E-state index in [1.807, 2.05) is 0 Å². The second-order valence-corrected chi connectivity index (χ2v) is 6.55. The van der Waals surface area contributed by atoms with E-state index in [1.165, 1.54) is 16.7 Å². The van der Waals surface area contributed by atoms with Gasteiger partial charge in [-0.2, -0.15) is 0 Å². The summed E-state index contributed by atoms with van der Waals surface area (Å²) < 4.78 is 0. The molecule has 0 heterocycles. The van der Waals surface area contributed by atoms with Gasteiger partial charge in [0.15, 0.2) is 0 Å². The van der Waals surface area contributed by atoms with E-state index in [-0.39, 0.29) is 18.4 Å². The van der Waals surface area contributed by atoms with Crippen molar-refractivity contribution in [2.45, 2.75) is 33.2 Å². The highest BCUT2D eigenvalue weighted by Gasteiger charge is 2.07. The molecule has 0 spiro atoms. The Bertz CT molecular complexity index is 829. The molecule has 27 heavy (non-hydrogen) atoms. The Morgan fingerprint density at radius 1 is 0.963 bits per heavy atom. The summed E-state index contributed by atoms with van der Waals surface area (Å²) >= 11 is 0. The Balaban J connectivity index is 1.79. The van der Waals surface area contributed by atoms with Gasteiger partial charge in [0.25, 0.3) is 5.91 Å². The van der Waals surface area contributed by atoms with Crippen molar-refractivity contribution in [2.75, 3.05) is 6.54 Å². The summed E-state index contributed by atoms with van der Waals surface area (Å²) in [5, 5.41) is 5.31. The summed E-state index contributed by atoms with van der Waals surface area (Å²) in [6, 6.07) is 13.1. The minimum atomic E-state index is -0.594. The molecule has 3 amide bonds. The predicted molar refractivity (Wildman–Crippen MR) is 104 cm³/mol. The van der Waals surface area contributed by atoms with Crippen LogP contribution in [0.1, 0.15) is 39.0 Å². The van der Waals surface area contributed by atoms with Gasteiger partial charge in [-0.1, -0.05) is 35.9 Å². The number of rotatable bonds is 8. The van der Waals surface area contributed by atoms with Gasteiger partial charge in [-0.15, -0.1) is 0 Å². The van der Waals surface area contributed by atoms with Crippen LogP contribution in [0.25, 0.3) is 0 Å². The van der Waals surface area contributed by atoms with Crippen LogP contribution in [0.3, 0.4) is 0 Å². The first-order valence-corrected chi connectivity index (χ1v) is 8.83.